The highest BCUT2D eigenvalue weighted by Gasteiger charge is 2.38. The Morgan fingerprint density at radius 2 is 1.12 bits per heavy atom. The summed E-state index contributed by atoms with van der Waals surface area (Å²) < 4.78 is 0. The number of nitrogens with one attached hydrogen (secondary N) is 1. The van der Waals surface area contributed by atoms with Crippen LogP contribution in [0.25, 0.3) is 0 Å². The van der Waals surface area contributed by atoms with Gasteiger partial charge in [0.1, 0.15) is 5.78 Å². The minimum Gasteiger partial charge on any atom is -0.298 e. The molecule has 2 heteroatoms. The number of hydrogen-bond donors (Lipinski definition) is 1. The van der Waals surface area contributed by atoms with Crippen LogP contribution in [-0.4, -0.2) is 11.8 Å². The fourth-order valence-electron chi connectivity index (χ4n) is 3.57. The number of benzene rings is 3. The van der Waals surface area contributed by atoms with E-state index in [1.165, 1.54) is 0 Å². The van der Waals surface area contributed by atoms with E-state index < -0.39 is 5.54 Å². The van der Waals surface area contributed by atoms with Crippen LogP contribution in [0.5, 0.6) is 0 Å². The first-order valence-electron chi connectivity index (χ1n) is 9.13. The van der Waals surface area contributed by atoms with Gasteiger partial charge in [0.25, 0.3) is 0 Å². The maximum atomic E-state index is 12.3. The molecule has 0 aromatic heterocycles. The molecule has 0 heterocycles. The van der Waals surface area contributed by atoms with Gasteiger partial charge in [0, 0.05) is 0 Å². The van der Waals surface area contributed by atoms with Gasteiger partial charge in [-0.2, -0.15) is 0 Å². The summed E-state index contributed by atoms with van der Waals surface area (Å²) in [6.45, 7) is 3.71. The van der Waals surface area contributed by atoms with Crippen molar-refractivity contribution in [3.05, 3.63) is 108 Å². The van der Waals surface area contributed by atoms with Gasteiger partial charge in [0.15, 0.2) is 0 Å². The van der Waals surface area contributed by atoms with Crippen LogP contribution in [0, 0.1) is 0 Å². The van der Waals surface area contributed by atoms with Crippen LogP contribution in [0.1, 0.15) is 37.0 Å². The molecule has 0 aliphatic rings. The standard InChI is InChI=1S/C24H25NO/c1-3-23(19(2)26)25-24(20-13-7-4-8-14-20,21-15-9-5-10-16-21)22-17-11-6-12-18-22/h4-18,23,25H,3H2,1-2H3/t23-/m0/s1. The lowest BCUT2D eigenvalue weighted by Crippen LogP contribution is -2.51. The maximum Gasteiger partial charge on any atom is 0.146 e. The molecule has 0 aliphatic carbocycles. The number of carbonyl (C=O) groups excluding carboxylic acids is 1. The molecular formula is C24H25NO. The van der Waals surface area contributed by atoms with E-state index in [1.807, 2.05) is 61.5 Å². The molecule has 3 aromatic carbocycles. The molecule has 3 rings (SSSR count). The molecule has 1 N–H and O–H groups in total. The van der Waals surface area contributed by atoms with Crippen molar-refractivity contribution in [3.8, 4) is 0 Å². The largest absolute Gasteiger partial charge is 0.298 e. The summed E-state index contributed by atoms with van der Waals surface area (Å²) in [7, 11) is 0. The van der Waals surface area contributed by atoms with Gasteiger partial charge in [0.05, 0.1) is 11.6 Å². The molecule has 0 fully saturated rings. The molecule has 0 saturated carbocycles. The highest BCUT2D eigenvalue weighted by atomic mass is 16.1. The monoisotopic (exact) mass is 343 g/mol. The van der Waals surface area contributed by atoms with E-state index in [2.05, 4.69) is 41.7 Å². The van der Waals surface area contributed by atoms with Gasteiger partial charge in [-0.1, -0.05) is 97.9 Å². The van der Waals surface area contributed by atoms with Crippen LogP contribution in [-0.2, 0) is 10.3 Å². The van der Waals surface area contributed by atoms with Crippen LogP contribution in [0.2, 0.25) is 0 Å². The Balaban J connectivity index is 2.29. The Labute approximate surface area is 155 Å². The Bertz CT molecular complexity index is 731. The quantitative estimate of drug-likeness (QED) is 0.616. The molecule has 3 aromatic rings. The summed E-state index contributed by atoms with van der Waals surface area (Å²) in [5.74, 6) is 0.152. The highest BCUT2D eigenvalue weighted by molar-refractivity contribution is 5.81. The average Bonchev–Trinajstić information content (AvgIpc) is 2.71. The zero-order valence-electron chi connectivity index (χ0n) is 15.4. The Morgan fingerprint density at radius 3 is 1.38 bits per heavy atom. The Morgan fingerprint density at radius 1 is 0.769 bits per heavy atom. The first kappa shape index (κ1) is 18.1. The number of ketones is 1. The minimum atomic E-state index is -0.587. The summed E-state index contributed by atoms with van der Waals surface area (Å²) in [5.41, 5.74) is 2.78. The lowest BCUT2D eigenvalue weighted by Gasteiger charge is -2.39. The van der Waals surface area contributed by atoms with Crippen molar-refractivity contribution in [1.82, 2.24) is 5.32 Å². The summed E-state index contributed by atoms with van der Waals surface area (Å²) in [6, 6.07) is 30.9. The molecule has 0 unspecified atom stereocenters. The van der Waals surface area contributed by atoms with Gasteiger partial charge in [0.2, 0.25) is 0 Å². The smallest absolute Gasteiger partial charge is 0.146 e. The van der Waals surface area contributed by atoms with Crippen molar-refractivity contribution < 1.29 is 4.79 Å². The van der Waals surface area contributed by atoms with Gasteiger partial charge >= 0.3 is 0 Å². The van der Waals surface area contributed by atoms with Gasteiger partial charge in [-0.15, -0.1) is 0 Å². The summed E-state index contributed by atoms with van der Waals surface area (Å²) in [6.07, 6.45) is 0.740. The van der Waals surface area contributed by atoms with E-state index in [0.29, 0.717) is 0 Å². The van der Waals surface area contributed by atoms with Crippen LogP contribution in [0.3, 0.4) is 0 Å². The molecule has 0 amide bonds. The van der Waals surface area contributed by atoms with Crippen molar-refractivity contribution in [2.24, 2.45) is 0 Å². The van der Waals surface area contributed by atoms with Crippen molar-refractivity contribution in [3.63, 3.8) is 0 Å². The predicted molar refractivity (Wildman–Crippen MR) is 107 cm³/mol. The second kappa shape index (κ2) is 8.11. The van der Waals surface area contributed by atoms with Gasteiger partial charge in [-0.05, 0) is 30.0 Å². The normalized spacial score (nSPS) is 12.5. The van der Waals surface area contributed by atoms with E-state index in [0.717, 1.165) is 23.1 Å². The Hall–Kier alpha value is -2.71. The van der Waals surface area contributed by atoms with E-state index in [1.54, 1.807) is 6.92 Å². The molecule has 0 radical (unpaired) electrons. The number of rotatable bonds is 7. The molecule has 0 aliphatic heterocycles. The summed E-state index contributed by atoms with van der Waals surface area (Å²) in [5, 5.41) is 3.72. The van der Waals surface area contributed by atoms with E-state index in [9.17, 15) is 4.79 Å². The molecule has 2 nitrogen and oxygen atoms in total. The third kappa shape index (κ3) is 3.47. The van der Waals surface area contributed by atoms with Crippen LogP contribution >= 0.6 is 0 Å². The third-order valence-electron chi connectivity index (χ3n) is 4.91. The van der Waals surface area contributed by atoms with Gasteiger partial charge < -0.3 is 0 Å². The topological polar surface area (TPSA) is 29.1 Å². The lowest BCUT2D eigenvalue weighted by molar-refractivity contribution is -0.119. The number of Topliss-reactive ketones (excluding diaryl/α,β-unsaturated/α-hetero) is 1. The second-order valence-electron chi connectivity index (χ2n) is 6.56. The maximum absolute atomic E-state index is 12.3. The lowest BCUT2D eigenvalue weighted by atomic mass is 9.76. The van der Waals surface area contributed by atoms with E-state index >= 15 is 0 Å². The Kier molecular flexibility index (Phi) is 5.65. The number of hydrogen-bond acceptors (Lipinski definition) is 2. The zero-order valence-corrected chi connectivity index (χ0v) is 15.4. The molecule has 1 atom stereocenters. The average molecular weight is 343 g/mol. The van der Waals surface area contributed by atoms with E-state index in [-0.39, 0.29) is 11.8 Å². The van der Waals surface area contributed by atoms with Gasteiger partial charge in [-0.3, -0.25) is 10.1 Å². The summed E-state index contributed by atoms with van der Waals surface area (Å²) >= 11 is 0. The van der Waals surface area contributed by atoms with Crippen molar-refractivity contribution in [2.75, 3.05) is 0 Å². The van der Waals surface area contributed by atoms with Gasteiger partial charge in [-0.25, -0.2) is 0 Å². The molecule has 0 saturated heterocycles. The highest BCUT2D eigenvalue weighted by Crippen LogP contribution is 2.37. The third-order valence-corrected chi connectivity index (χ3v) is 4.91. The fourth-order valence-corrected chi connectivity index (χ4v) is 3.57. The van der Waals surface area contributed by atoms with Crippen LogP contribution in [0.4, 0.5) is 0 Å². The minimum absolute atomic E-state index is 0.152. The van der Waals surface area contributed by atoms with Crippen LogP contribution in [0.15, 0.2) is 91.0 Å². The van der Waals surface area contributed by atoms with E-state index in [4.69, 9.17) is 0 Å². The molecular weight excluding hydrogens is 318 g/mol. The molecule has 132 valence electrons. The first-order valence-corrected chi connectivity index (χ1v) is 9.13. The van der Waals surface area contributed by atoms with Crippen molar-refractivity contribution in [2.45, 2.75) is 31.8 Å². The zero-order chi connectivity index (χ0) is 18.4. The summed E-state index contributed by atoms with van der Waals surface area (Å²) in [4.78, 5) is 12.3. The molecule has 26 heavy (non-hydrogen) atoms. The van der Waals surface area contributed by atoms with Crippen LogP contribution < -0.4 is 5.32 Å². The van der Waals surface area contributed by atoms with Crippen molar-refractivity contribution in [1.29, 1.82) is 0 Å². The second-order valence-corrected chi connectivity index (χ2v) is 6.56. The number of carbonyl (C=O) groups is 1. The molecule has 0 bridgehead atoms. The predicted octanol–water partition coefficient (Wildman–Crippen LogP) is 4.94. The van der Waals surface area contributed by atoms with Crippen molar-refractivity contribution >= 4 is 5.78 Å². The SMILES string of the molecule is CC[C@H](NC(c1ccccc1)(c1ccccc1)c1ccccc1)C(C)=O. The molecule has 0 spiro atoms. The fraction of sp³-hybridized carbons (Fsp3) is 0.208. The first-order chi connectivity index (χ1) is 12.7.